The van der Waals surface area contributed by atoms with Crippen molar-refractivity contribution in [2.75, 3.05) is 20.3 Å². The van der Waals surface area contributed by atoms with Crippen molar-refractivity contribution in [2.45, 2.75) is 147 Å². The van der Waals surface area contributed by atoms with Gasteiger partial charge in [0.05, 0.1) is 26.2 Å². The van der Waals surface area contributed by atoms with Crippen LogP contribution in [0.15, 0.2) is 0 Å². The number of hydrogen-bond donors (Lipinski definition) is 1. The summed E-state index contributed by atoms with van der Waals surface area (Å²) in [7, 11) is 1.05. The maximum absolute atomic E-state index is 13.8. The third-order valence-corrected chi connectivity index (χ3v) is 8.23. The fourth-order valence-electron chi connectivity index (χ4n) is 6.59. The van der Waals surface area contributed by atoms with E-state index >= 15 is 0 Å². The zero-order valence-electron chi connectivity index (χ0n) is 30.2. The predicted octanol–water partition coefficient (Wildman–Crippen LogP) is -0.0794. The Hall–Kier alpha value is -3.46. The van der Waals surface area contributed by atoms with Crippen LogP contribution >= 0.6 is 0 Å². The van der Waals surface area contributed by atoms with E-state index in [1.165, 1.54) is 0 Å². The van der Waals surface area contributed by atoms with Crippen LogP contribution in [0.5, 0.6) is 0 Å². The van der Waals surface area contributed by atoms with Crippen LogP contribution in [0.3, 0.4) is 0 Å². The largest absolute Gasteiger partial charge is 0.465 e. The molecular formula is C32H47NO18. The highest BCUT2D eigenvalue weighted by Gasteiger charge is 2.63. The molecule has 51 heavy (non-hydrogen) atoms. The SMILES string of the molecule is COC(=O)C1(OC[C@H]2O[C@@H]3OC(C)(C)O[C@@H]3[C@H]3OC(C)(C)O[C@H]32)C[C@H](OC(C)=O)[C@@H](NC(C)=O)[C@H]([C@H](OC(C)=O)[C@@H](COC(C)=O)OC(C)=O)O1. The number of rotatable bonds is 12. The van der Waals surface area contributed by atoms with E-state index in [9.17, 15) is 28.8 Å². The minimum Gasteiger partial charge on any atom is -0.465 e. The van der Waals surface area contributed by atoms with Gasteiger partial charge in [-0.15, -0.1) is 0 Å². The second kappa shape index (κ2) is 15.6. The van der Waals surface area contributed by atoms with Crippen LogP contribution in [-0.2, 0) is 85.6 Å². The first kappa shape index (κ1) is 40.3. The standard InChI is InChI=1S/C32H47NO18/c1-14(34)33-22-19(43-16(3)36)11-32(29(39)40-10,50-25(22)23(45-18(5)38)20(44-17(4)37)12-41-15(2)35)42-13-21-24-26(48-30(6,7)47-24)27-28(46-21)51-31(8,9)49-27/h19-28H,11-13H2,1-10H3,(H,33,34)/t19-,20+,21+,22+,23+,24-,25+,26-,27+,28+,32?/m0/s1. The van der Waals surface area contributed by atoms with Gasteiger partial charge in [0, 0.05) is 34.6 Å². The van der Waals surface area contributed by atoms with Crippen LogP contribution in [-0.4, -0.2) is 135 Å². The van der Waals surface area contributed by atoms with E-state index < -0.39 is 134 Å². The quantitative estimate of drug-likeness (QED) is 0.204. The zero-order valence-corrected chi connectivity index (χ0v) is 30.2. The van der Waals surface area contributed by atoms with Gasteiger partial charge >= 0.3 is 29.8 Å². The predicted molar refractivity (Wildman–Crippen MR) is 164 cm³/mol. The van der Waals surface area contributed by atoms with Gasteiger partial charge in [-0.3, -0.25) is 24.0 Å². The Morgan fingerprint density at radius 2 is 1.37 bits per heavy atom. The zero-order chi connectivity index (χ0) is 38.1. The Bertz CT molecular complexity index is 1350. The molecule has 11 atom stereocenters. The molecule has 19 heteroatoms. The maximum Gasteiger partial charge on any atom is 0.366 e. The van der Waals surface area contributed by atoms with Crippen molar-refractivity contribution in [3.63, 3.8) is 0 Å². The molecule has 1 N–H and O–H groups in total. The Balaban J connectivity index is 1.77. The molecule has 0 aromatic heterocycles. The summed E-state index contributed by atoms with van der Waals surface area (Å²) < 4.78 is 69.9. The lowest BCUT2D eigenvalue weighted by atomic mass is 9.88. The molecule has 0 aromatic rings. The van der Waals surface area contributed by atoms with E-state index in [1.807, 2.05) is 0 Å². The lowest BCUT2D eigenvalue weighted by Crippen LogP contribution is -2.69. The van der Waals surface area contributed by atoms with Crippen LogP contribution in [0.4, 0.5) is 0 Å². The molecule has 4 aliphatic heterocycles. The van der Waals surface area contributed by atoms with Gasteiger partial charge in [-0.2, -0.15) is 0 Å². The third kappa shape index (κ3) is 9.70. The topological polar surface area (TPSA) is 225 Å². The van der Waals surface area contributed by atoms with Crippen LogP contribution in [0.2, 0.25) is 0 Å². The van der Waals surface area contributed by atoms with Gasteiger partial charge in [-0.25, -0.2) is 4.79 Å². The van der Waals surface area contributed by atoms with Crippen LogP contribution in [0.25, 0.3) is 0 Å². The summed E-state index contributed by atoms with van der Waals surface area (Å²) in [6.07, 6.45) is -10.9. The molecule has 4 rings (SSSR count). The molecule has 0 bridgehead atoms. The Labute approximate surface area is 294 Å². The second-order valence-electron chi connectivity index (χ2n) is 13.4. The van der Waals surface area contributed by atoms with Crippen molar-refractivity contribution in [1.82, 2.24) is 5.32 Å². The summed E-state index contributed by atoms with van der Waals surface area (Å²) in [6, 6.07) is -1.36. The summed E-state index contributed by atoms with van der Waals surface area (Å²) in [5.41, 5.74) is 0. The molecule has 288 valence electrons. The highest BCUT2D eigenvalue weighted by Crippen LogP contribution is 2.45. The van der Waals surface area contributed by atoms with Crippen molar-refractivity contribution >= 4 is 35.8 Å². The van der Waals surface area contributed by atoms with Crippen molar-refractivity contribution in [2.24, 2.45) is 0 Å². The molecule has 4 fully saturated rings. The van der Waals surface area contributed by atoms with Gasteiger partial charge in [0.2, 0.25) is 5.91 Å². The average molecular weight is 734 g/mol. The first-order valence-corrected chi connectivity index (χ1v) is 16.3. The van der Waals surface area contributed by atoms with Crippen molar-refractivity contribution < 1.29 is 85.6 Å². The minimum atomic E-state index is -2.45. The first-order chi connectivity index (χ1) is 23.7. The highest BCUT2D eigenvalue weighted by atomic mass is 16.9. The lowest BCUT2D eigenvalue weighted by Gasteiger charge is -2.49. The molecule has 1 unspecified atom stereocenters. The summed E-state index contributed by atoms with van der Waals surface area (Å²) in [5, 5.41) is 2.61. The van der Waals surface area contributed by atoms with Crippen LogP contribution < -0.4 is 5.32 Å². The molecule has 4 saturated heterocycles. The number of esters is 5. The van der Waals surface area contributed by atoms with E-state index in [4.69, 9.17) is 56.8 Å². The number of fused-ring (bicyclic) bond motifs is 3. The number of nitrogens with one attached hydrogen (secondary N) is 1. The molecule has 4 aliphatic rings. The Morgan fingerprint density at radius 3 is 1.94 bits per heavy atom. The van der Waals surface area contributed by atoms with E-state index in [1.54, 1.807) is 27.7 Å². The monoisotopic (exact) mass is 733 g/mol. The molecule has 4 heterocycles. The Kier molecular flexibility index (Phi) is 12.4. The molecule has 0 aromatic carbocycles. The van der Waals surface area contributed by atoms with E-state index in [0.717, 1.165) is 41.7 Å². The number of carbonyl (C=O) groups is 6. The van der Waals surface area contributed by atoms with Gasteiger partial charge in [0.25, 0.3) is 5.79 Å². The lowest BCUT2D eigenvalue weighted by molar-refractivity contribution is -0.327. The molecular weight excluding hydrogens is 686 g/mol. The number of methoxy groups -OCH3 is 1. The van der Waals surface area contributed by atoms with Gasteiger partial charge in [0.15, 0.2) is 30.1 Å². The van der Waals surface area contributed by atoms with Crippen LogP contribution in [0.1, 0.15) is 68.7 Å². The van der Waals surface area contributed by atoms with Gasteiger partial charge in [-0.05, 0) is 27.7 Å². The average Bonchev–Trinajstić information content (AvgIpc) is 3.50. The molecule has 19 nitrogen and oxygen atoms in total. The number of ether oxygens (including phenoxy) is 12. The molecule has 0 saturated carbocycles. The van der Waals surface area contributed by atoms with E-state index in [-0.39, 0.29) is 0 Å². The highest BCUT2D eigenvalue weighted by molar-refractivity contribution is 5.79. The number of carbonyl (C=O) groups excluding carboxylic acids is 6. The van der Waals surface area contributed by atoms with E-state index in [0.29, 0.717) is 0 Å². The van der Waals surface area contributed by atoms with Crippen molar-refractivity contribution in [1.29, 1.82) is 0 Å². The second-order valence-corrected chi connectivity index (χ2v) is 13.4. The molecule has 0 aliphatic carbocycles. The third-order valence-electron chi connectivity index (χ3n) is 8.23. The Morgan fingerprint density at radius 1 is 0.765 bits per heavy atom. The van der Waals surface area contributed by atoms with Gasteiger partial charge in [-0.1, -0.05) is 0 Å². The first-order valence-electron chi connectivity index (χ1n) is 16.3. The fraction of sp³-hybridized carbons (Fsp3) is 0.812. The van der Waals surface area contributed by atoms with Gasteiger partial charge in [0.1, 0.15) is 43.2 Å². The molecule has 0 spiro atoms. The molecule has 1 amide bonds. The maximum atomic E-state index is 13.8. The van der Waals surface area contributed by atoms with E-state index in [2.05, 4.69) is 5.32 Å². The normalized spacial score (nSPS) is 34.5. The summed E-state index contributed by atoms with van der Waals surface area (Å²) >= 11 is 0. The van der Waals surface area contributed by atoms with Gasteiger partial charge < -0.3 is 62.2 Å². The summed E-state index contributed by atoms with van der Waals surface area (Å²) in [4.78, 5) is 75.2. The number of amides is 1. The minimum absolute atomic E-state index is 0.438. The number of hydrogen-bond acceptors (Lipinski definition) is 18. The van der Waals surface area contributed by atoms with Crippen molar-refractivity contribution in [3.05, 3.63) is 0 Å². The van der Waals surface area contributed by atoms with Crippen LogP contribution in [0, 0.1) is 0 Å². The smallest absolute Gasteiger partial charge is 0.366 e. The fourth-order valence-corrected chi connectivity index (χ4v) is 6.59. The summed E-state index contributed by atoms with van der Waals surface area (Å²) in [6.45, 7) is 11.2. The molecule has 0 radical (unpaired) electrons. The summed E-state index contributed by atoms with van der Waals surface area (Å²) in [5.74, 6) is -9.66. The van der Waals surface area contributed by atoms with Crippen molar-refractivity contribution in [3.8, 4) is 0 Å².